The number of fused-ring (bicyclic) bond motifs is 5. The molecule has 0 amide bonds. The number of ketones is 1. The lowest BCUT2D eigenvalue weighted by Crippen LogP contribution is -2.56. The van der Waals surface area contributed by atoms with Crippen LogP contribution < -0.4 is 5.32 Å². The number of hydrogen-bond acceptors (Lipinski definition) is 4. The molecule has 1 aromatic heterocycles. The van der Waals surface area contributed by atoms with Gasteiger partial charge < -0.3 is 5.32 Å². The van der Waals surface area contributed by atoms with E-state index >= 15 is 0 Å². The lowest BCUT2D eigenvalue weighted by atomic mass is 9.46. The van der Waals surface area contributed by atoms with Crippen molar-refractivity contribution >= 4 is 17.1 Å². The van der Waals surface area contributed by atoms with Crippen molar-refractivity contribution in [1.82, 2.24) is 10.3 Å². The summed E-state index contributed by atoms with van der Waals surface area (Å²) in [5, 5.41) is 6.33. The Labute approximate surface area is 166 Å². The van der Waals surface area contributed by atoms with Crippen molar-refractivity contribution in [3.63, 3.8) is 0 Å². The molecule has 0 aliphatic heterocycles. The lowest BCUT2D eigenvalue weighted by Gasteiger charge is -2.58. The van der Waals surface area contributed by atoms with E-state index in [9.17, 15) is 4.79 Å². The topological polar surface area (TPSA) is 42.0 Å². The van der Waals surface area contributed by atoms with E-state index in [1.165, 1.54) is 24.8 Å². The number of thiazole rings is 1. The second-order valence-corrected chi connectivity index (χ2v) is 10.5. The Morgan fingerprint density at radius 1 is 1.26 bits per heavy atom. The lowest BCUT2D eigenvalue weighted by molar-refractivity contribution is -0.126. The third kappa shape index (κ3) is 2.42. The van der Waals surface area contributed by atoms with Crippen LogP contribution in [0, 0.1) is 28.6 Å². The predicted octanol–water partition coefficient (Wildman–Crippen LogP) is 4.73. The van der Waals surface area contributed by atoms with Crippen LogP contribution in [0.3, 0.4) is 0 Å². The highest BCUT2D eigenvalue weighted by atomic mass is 32.1. The minimum Gasteiger partial charge on any atom is -0.310 e. The first-order valence-corrected chi connectivity index (χ1v) is 11.3. The Morgan fingerprint density at radius 3 is 2.85 bits per heavy atom. The highest BCUT2D eigenvalue weighted by Gasteiger charge is 2.58. The van der Waals surface area contributed by atoms with Gasteiger partial charge in [0.05, 0.1) is 12.0 Å². The largest absolute Gasteiger partial charge is 0.310 e. The normalized spacial score (nSPS) is 45.8. The molecule has 0 saturated heterocycles. The molecule has 3 nitrogen and oxygen atoms in total. The summed E-state index contributed by atoms with van der Waals surface area (Å²) in [6, 6.07) is -0.0604. The average molecular weight is 383 g/mol. The zero-order chi connectivity index (χ0) is 18.8. The summed E-state index contributed by atoms with van der Waals surface area (Å²) in [5.74, 6) is 2.38. The first-order valence-electron chi connectivity index (χ1n) is 10.5. The predicted molar refractivity (Wildman–Crippen MR) is 110 cm³/mol. The number of carbonyl (C=O) groups is 1. The van der Waals surface area contributed by atoms with Gasteiger partial charge in [0.2, 0.25) is 0 Å². The molecule has 2 unspecified atom stereocenters. The van der Waals surface area contributed by atoms with Crippen molar-refractivity contribution in [2.45, 2.75) is 57.9 Å². The molecule has 27 heavy (non-hydrogen) atoms. The second-order valence-electron chi connectivity index (χ2n) is 9.62. The monoisotopic (exact) mass is 382 g/mol. The third-order valence-corrected chi connectivity index (χ3v) is 9.31. The number of hydrogen-bond donors (Lipinski definition) is 1. The average Bonchev–Trinajstić information content (AvgIpc) is 3.30. The quantitative estimate of drug-likeness (QED) is 0.752. The van der Waals surface area contributed by atoms with Crippen LogP contribution in [0.4, 0.5) is 0 Å². The number of nitrogens with one attached hydrogen (secondary N) is 1. The van der Waals surface area contributed by atoms with E-state index in [1.54, 1.807) is 11.3 Å². The van der Waals surface area contributed by atoms with Crippen LogP contribution in [-0.2, 0) is 4.79 Å². The summed E-state index contributed by atoms with van der Waals surface area (Å²) in [5.41, 5.74) is 1.87. The minimum absolute atomic E-state index is 0.0604. The van der Waals surface area contributed by atoms with Crippen LogP contribution in [0.2, 0.25) is 0 Å². The molecule has 0 bridgehead atoms. The highest BCUT2D eigenvalue weighted by Crippen LogP contribution is 2.64. The Hall–Kier alpha value is -1.26. The molecule has 5 rings (SSSR count). The van der Waals surface area contributed by atoms with Crippen molar-refractivity contribution in [3.05, 3.63) is 40.4 Å². The summed E-state index contributed by atoms with van der Waals surface area (Å²) < 4.78 is 0. The SMILES string of the molecule is CNC1C[C@@]2(C)C(=CC[C@H]3[C@@H]4CC=C[C@@]4(C)CC[C@@H]32)C(c2nccs2)C1=O. The van der Waals surface area contributed by atoms with Crippen LogP contribution in [0.15, 0.2) is 35.4 Å². The van der Waals surface area contributed by atoms with Gasteiger partial charge in [0, 0.05) is 11.6 Å². The molecule has 1 N–H and O–H groups in total. The molecule has 4 aliphatic rings. The molecule has 4 heteroatoms. The fraction of sp³-hybridized carbons (Fsp3) is 0.652. The molecule has 1 heterocycles. The van der Waals surface area contributed by atoms with Crippen molar-refractivity contribution in [2.24, 2.45) is 28.6 Å². The molecular formula is C23H30N2OS. The van der Waals surface area contributed by atoms with Gasteiger partial charge in [0.25, 0.3) is 0 Å². The maximum Gasteiger partial charge on any atom is 0.163 e. The van der Waals surface area contributed by atoms with E-state index in [4.69, 9.17) is 0 Å². The van der Waals surface area contributed by atoms with E-state index in [-0.39, 0.29) is 17.4 Å². The Balaban J connectivity index is 1.59. The molecular weight excluding hydrogens is 352 g/mol. The Bertz CT molecular complexity index is 812. The Kier molecular flexibility index (Phi) is 4.04. The molecule has 2 fully saturated rings. The first-order chi connectivity index (χ1) is 13.0. The minimum atomic E-state index is -0.142. The number of Topliss-reactive ketones (excluding diaryl/α,β-unsaturated/α-hetero) is 1. The molecule has 2 saturated carbocycles. The van der Waals surface area contributed by atoms with Gasteiger partial charge in [-0.25, -0.2) is 4.98 Å². The first kappa shape index (κ1) is 17.8. The number of aromatic nitrogens is 1. The van der Waals surface area contributed by atoms with Crippen molar-refractivity contribution in [1.29, 1.82) is 0 Å². The second kappa shape index (κ2) is 6.12. The highest BCUT2D eigenvalue weighted by molar-refractivity contribution is 7.09. The molecule has 144 valence electrons. The van der Waals surface area contributed by atoms with Gasteiger partial charge in [-0.05, 0) is 67.7 Å². The van der Waals surface area contributed by atoms with Gasteiger partial charge in [-0.15, -0.1) is 11.3 Å². The van der Waals surface area contributed by atoms with E-state index in [1.807, 2.05) is 18.6 Å². The standard InChI is InChI=1S/C23H30N2OS/c1-22-9-4-5-15(22)14-6-7-17-19(21-25-11-12-27-21)20(26)18(24-3)13-23(17,2)16(14)8-10-22/h4,7,9,11-12,14-16,18-19,24H,5-6,8,10,13H2,1-3H3/t14-,15-,16-,18?,19?,22-,23+/m0/s1. The third-order valence-electron chi connectivity index (χ3n) is 8.47. The van der Waals surface area contributed by atoms with Gasteiger partial charge in [-0.3, -0.25) is 4.79 Å². The zero-order valence-electron chi connectivity index (χ0n) is 16.6. The molecule has 7 atom stereocenters. The van der Waals surface area contributed by atoms with E-state index < -0.39 is 0 Å². The van der Waals surface area contributed by atoms with Crippen LogP contribution in [-0.4, -0.2) is 23.9 Å². The summed E-state index contributed by atoms with van der Waals surface area (Å²) in [6.45, 7) is 4.93. The number of carbonyl (C=O) groups excluding carboxylic acids is 1. The van der Waals surface area contributed by atoms with Gasteiger partial charge in [-0.1, -0.05) is 37.6 Å². The molecule has 4 aliphatic carbocycles. The molecule has 0 radical (unpaired) electrons. The van der Waals surface area contributed by atoms with Gasteiger partial charge in [0.15, 0.2) is 5.78 Å². The van der Waals surface area contributed by atoms with Gasteiger partial charge >= 0.3 is 0 Å². The summed E-state index contributed by atoms with van der Waals surface area (Å²) in [4.78, 5) is 17.9. The van der Waals surface area contributed by atoms with E-state index in [2.05, 4.69) is 42.4 Å². The maximum atomic E-state index is 13.3. The Morgan fingerprint density at radius 2 is 2.11 bits per heavy atom. The number of likely N-dealkylation sites (N-methyl/N-ethyl adjacent to an activating group) is 1. The smallest absolute Gasteiger partial charge is 0.163 e. The van der Waals surface area contributed by atoms with Crippen molar-refractivity contribution in [2.75, 3.05) is 7.05 Å². The molecule has 1 aromatic rings. The fourth-order valence-electron chi connectivity index (χ4n) is 7.07. The number of allylic oxidation sites excluding steroid dienone is 4. The molecule has 0 aromatic carbocycles. The summed E-state index contributed by atoms with van der Waals surface area (Å²) >= 11 is 1.63. The van der Waals surface area contributed by atoms with Crippen LogP contribution in [0.5, 0.6) is 0 Å². The number of rotatable bonds is 2. The van der Waals surface area contributed by atoms with Gasteiger partial charge in [-0.2, -0.15) is 0 Å². The van der Waals surface area contributed by atoms with Gasteiger partial charge in [0.1, 0.15) is 5.01 Å². The summed E-state index contributed by atoms with van der Waals surface area (Å²) in [7, 11) is 1.94. The zero-order valence-corrected chi connectivity index (χ0v) is 17.4. The van der Waals surface area contributed by atoms with Crippen LogP contribution in [0.25, 0.3) is 0 Å². The van der Waals surface area contributed by atoms with Crippen molar-refractivity contribution in [3.8, 4) is 0 Å². The van der Waals surface area contributed by atoms with E-state index in [0.717, 1.165) is 29.7 Å². The maximum absolute atomic E-state index is 13.3. The van der Waals surface area contributed by atoms with Crippen LogP contribution >= 0.6 is 11.3 Å². The fourth-order valence-corrected chi connectivity index (χ4v) is 7.83. The van der Waals surface area contributed by atoms with Crippen LogP contribution in [0.1, 0.15) is 56.9 Å². The number of nitrogens with zero attached hydrogens (tertiary/aromatic N) is 1. The molecule has 0 spiro atoms. The van der Waals surface area contributed by atoms with Crippen molar-refractivity contribution < 1.29 is 4.79 Å². The van der Waals surface area contributed by atoms with E-state index in [0.29, 0.717) is 17.1 Å². The summed E-state index contributed by atoms with van der Waals surface area (Å²) in [6.07, 6.45) is 15.1.